The van der Waals surface area contributed by atoms with Crippen molar-refractivity contribution < 1.29 is 22.8 Å². The summed E-state index contributed by atoms with van der Waals surface area (Å²) in [7, 11) is 0. The van der Waals surface area contributed by atoms with Gasteiger partial charge in [-0.2, -0.15) is 13.2 Å². The molecule has 0 saturated carbocycles. The Morgan fingerprint density at radius 2 is 1.73 bits per heavy atom. The average molecular weight is 434 g/mol. The fourth-order valence-electron chi connectivity index (χ4n) is 2.53. The molecule has 2 heterocycles. The lowest BCUT2D eigenvalue weighted by molar-refractivity contribution is -0.137. The Kier molecular flexibility index (Phi) is 6.16. The fraction of sp³-hybridized carbons (Fsp3) is 0.200. The molecule has 0 aliphatic carbocycles. The lowest BCUT2D eigenvalue weighted by atomic mass is 10.0. The number of halogens is 3. The number of thiazole rings is 1. The number of amides is 2. The van der Waals surface area contributed by atoms with E-state index in [9.17, 15) is 22.8 Å². The molecule has 2 amide bonds. The zero-order valence-electron chi connectivity index (χ0n) is 15.9. The van der Waals surface area contributed by atoms with E-state index in [1.54, 1.807) is 12.1 Å². The summed E-state index contributed by atoms with van der Waals surface area (Å²) in [5, 5.41) is 5.23. The van der Waals surface area contributed by atoms with Crippen LogP contribution in [-0.2, 0) is 6.18 Å². The highest BCUT2D eigenvalue weighted by Crippen LogP contribution is 2.29. The van der Waals surface area contributed by atoms with Gasteiger partial charge in [0.15, 0.2) is 5.69 Å². The van der Waals surface area contributed by atoms with Gasteiger partial charge in [0.25, 0.3) is 11.8 Å². The Balaban J connectivity index is 1.73. The summed E-state index contributed by atoms with van der Waals surface area (Å²) in [6, 6.07) is 7.99. The highest BCUT2D eigenvalue weighted by Gasteiger charge is 2.31. The maximum Gasteiger partial charge on any atom is 0.417 e. The van der Waals surface area contributed by atoms with Crippen LogP contribution in [0.3, 0.4) is 0 Å². The summed E-state index contributed by atoms with van der Waals surface area (Å²) in [4.78, 5) is 32.3. The van der Waals surface area contributed by atoms with Crippen LogP contribution < -0.4 is 10.6 Å². The Labute approximate surface area is 174 Å². The lowest BCUT2D eigenvalue weighted by Gasteiger charge is -2.10. The Hall–Kier alpha value is -3.27. The minimum atomic E-state index is -4.62. The van der Waals surface area contributed by atoms with Gasteiger partial charge in [0.1, 0.15) is 5.00 Å². The second-order valence-corrected chi connectivity index (χ2v) is 7.53. The number of anilines is 2. The summed E-state index contributed by atoms with van der Waals surface area (Å²) >= 11 is 0.981. The van der Waals surface area contributed by atoms with Crippen molar-refractivity contribution in [2.75, 3.05) is 10.6 Å². The van der Waals surface area contributed by atoms with E-state index in [4.69, 9.17) is 0 Å². The summed E-state index contributed by atoms with van der Waals surface area (Å²) < 4.78 is 38.5. The topological polar surface area (TPSA) is 84.0 Å². The lowest BCUT2D eigenvalue weighted by Crippen LogP contribution is -2.18. The number of rotatable bonds is 5. The smallest absolute Gasteiger partial charge is 0.321 e. The number of aromatic nitrogens is 2. The van der Waals surface area contributed by atoms with Crippen molar-refractivity contribution in [3.8, 4) is 0 Å². The van der Waals surface area contributed by atoms with Crippen LogP contribution in [-0.4, -0.2) is 21.8 Å². The SMILES string of the molecule is CC(C)c1ccc(NC(=O)c2ncsc2NC(=O)c2cncc(C(F)(F)F)c2)cc1. The molecule has 6 nitrogen and oxygen atoms in total. The molecule has 1 aromatic carbocycles. The Morgan fingerprint density at radius 3 is 2.37 bits per heavy atom. The Bertz CT molecular complexity index is 1060. The summed E-state index contributed by atoms with van der Waals surface area (Å²) in [5.41, 5.74) is 1.66. The molecule has 0 saturated heterocycles. The van der Waals surface area contributed by atoms with Crippen LogP contribution in [0.2, 0.25) is 0 Å². The third-order valence-corrected chi connectivity index (χ3v) is 4.91. The van der Waals surface area contributed by atoms with Gasteiger partial charge in [-0.15, -0.1) is 11.3 Å². The van der Waals surface area contributed by atoms with Crippen LogP contribution >= 0.6 is 11.3 Å². The first-order valence-corrected chi connectivity index (χ1v) is 9.71. The molecular weight excluding hydrogens is 417 g/mol. The van der Waals surface area contributed by atoms with E-state index in [1.165, 1.54) is 5.51 Å². The molecule has 0 spiro atoms. The van der Waals surface area contributed by atoms with Gasteiger partial charge in [-0.1, -0.05) is 26.0 Å². The minimum absolute atomic E-state index is 0.0405. The van der Waals surface area contributed by atoms with Crippen LogP contribution in [0, 0.1) is 0 Å². The average Bonchev–Trinajstić information content (AvgIpc) is 3.16. The number of pyridine rings is 1. The number of alkyl halides is 3. The maximum atomic E-state index is 12.8. The third-order valence-electron chi connectivity index (χ3n) is 4.17. The molecule has 30 heavy (non-hydrogen) atoms. The minimum Gasteiger partial charge on any atom is -0.321 e. The van der Waals surface area contributed by atoms with Gasteiger partial charge in [-0.25, -0.2) is 4.98 Å². The number of nitrogens with one attached hydrogen (secondary N) is 2. The van der Waals surface area contributed by atoms with Gasteiger partial charge < -0.3 is 10.6 Å². The van der Waals surface area contributed by atoms with Crippen LogP contribution in [0.1, 0.15) is 51.7 Å². The second-order valence-electron chi connectivity index (χ2n) is 6.68. The van der Waals surface area contributed by atoms with E-state index in [0.717, 1.165) is 23.1 Å². The zero-order chi connectivity index (χ0) is 21.9. The number of carbonyl (C=O) groups is 2. The molecular formula is C20H17F3N4O2S. The summed E-state index contributed by atoms with van der Waals surface area (Å²) in [6.07, 6.45) is -2.97. The van der Waals surface area contributed by atoms with Crippen molar-refractivity contribution in [1.29, 1.82) is 0 Å². The van der Waals surface area contributed by atoms with Gasteiger partial charge in [0.05, 0.1) is 16.6 Å². The van der Waals surface area contributed by atoms with Crippen molar-refractivity contribution in [2.45, 2.75) is 25.9 Å². The number of hydrogen-bond acceptors (Lipinski definition) is 5. The second kappa shape index (κ2) is 8.62. The van der Waals surface area contributed by atoms with E-state index in [1.807, 2.05) is 12.1 Å². The maximum absolute atomic E-state index is 12.8. The van der Waals surface area contributed by atoms with E-state index >= 15 is 0 Å². The molecule has 3 rings (SSSR count). The van der Waals surface area contributed by atoms with Crippen molar-refractivity contribution >= 4 is 33.8 Å². The molecule has 0 aliphatic heterocycles. The van der Waals surface area contributed by atoms with Crippen LogP contribution in [0.5, 0.6) is 0 Å². The van der Waals surface area contributed by atoms with E-state index in [-0.39, 0.29) is 16.3 Å². The van der Waals surface area contributed by atoms with Crippen LogP contribution in [0.15, 0.2) is 48.2 Å². The molecule has 0 radical (unpaired) electrons. The van der Waals surface area contributed by atoms with Crippen LogP contribution in [0.25, 0.3) is 0 Å². The van der Waals surface area contributed by atoms with E-state index < -0.39 is 23.6 Å². The fourth-order valence-corrected chi connectivity index (χ4v) is 3.20. The molecule has 0 unspecified atom stereocenters. The van der Waals surface area contributed by atoms with E-state index in [2.05, 4.69) is 34.4 Å². The molecule has 0 aliphatic rings. The molecule has 2 aromatic heterocycles. The molecule has 2 N–H and O–H groups in total. The monoisotopic (exact) mass is 434 g/mol. The number of nitrogens with zero attached hydrogens (tertiary/aromatic N) is 2. The molecule has 10 heteroatoms. The van der Waals surface area contributed by atoms with Crippen molar-refractivity contribution in [1.82, 2.24) is 9.97 Å². The standard InChI is InChI=1S/C20H17F3N4O2S/c1-11(2)12-3-5-15(6-4-12)26-18(29)16-19(30-10-25-16)27-17(28)13-7-14(9-24-8-13)20(21,22)23/h3-11H,1-2H3,(H,26,29)(H,27,28). The zero-order valence-corrected chi connectivity index (χ0v) is 16.8. The van der Waals surface area contributed by atoms with Crippen molar-refractivity contribution in [3.05, 3.63) is 70.6 Å². The molecule has 0 bridgehead atoms. The molecule has 0 fully saturated rings. The highest BCUT2D eigenvalue weighted by atomic mass is 32.1. The van der Waals surface area contributed by atoms with Gasteiger partial charge in [-0.3, -0.25) is 14.6 Å². The van der Waals surface area contributed by atoms with Crippen molar-refractivity contribution in [3.63, 3.8) is 0 Å². The van der Waals surface area contributed by atoms with Crippen molar-refractivity contribution in [2.24, 2.45) is 0 Å². The third kappa shape index (κ3) is 5.01. The number of hydrogen-bond donors (Lipinski definition) is 2. The Morgan fingerprint density at radius 1 is 1.03 bits per heavy atom. The van der Waals surface area contributed by atoms with Crippen LogP contribution in [0.4, 0.5) is 23.9 Å². The first kappa shape index (κ1) is 21.4. The number of benzene rings is 1. The summed E-state index contributed by atoms with van der Waals surface area (Å²) in [5.74, 6) is -1.03. The highest BCUT2D eigenvalue weighted by molar-refractivity contribution is 7.14. The predicted molar refractivity (Wildman–Crippen MR) is 108 cm³/mol. The van der Waals surface area contributed by atoms with Gasteiger partial charge >= 0.3 is 6.18 Å². The number of carbonyl (C=O) groups excluding carboxylic acids is 2. The summed E-state index contributed by atoms with van der Waals surface area (Å²) in [6.45, 7) is 4.11. The molecule has 0 atom stereocenters. The molecule has 156 valence electrons. The first-order chi connectivity index (χ1) is 14.1. The molecule has 3 aromatic rings. The first-order valence-electron chi connectivity index (χ1n) is 8.83. The largest absolute Gasteiger partial charge is 0.417 e. The van der Waals surface area contributed by atoms with E-state index in [0.29, 0.717) is 23.9 Å². The van der Waals surface area contributed by atoms with Gasteiger partial charge in [0, 0.05) is 18.1 Å². The predicted octanol–water partition coefficient (Wildman–Crippen LogP) is 5.18. The quantitative estimate of drug-likeness (QED) is 0.579. The van der Waals surface area contributed by atoms with Gasteiger partial charge in [-0.05, 0) is 29.7 Å². The van der Waals surface area contributed by atoms with Gasteiger partial charge in [0.2, 0.25) is 0 Å². The normalized spacial score (nSPS) is 11.4.